The highest BCUT2D eigenvalue weighted by Gasteiger charge is 2.41. The van der Waals surface area contributed by atoms with Gasteiger partial charge in [-0.3, -0.25) is 14.4 Å². The Hall–Kier alpha value is -2.02. The molecule has 1 aromatic heterocycles. The standard InChI is InChI=1S/C14H15NO5S/c1-3-21-14-11(12(18)9-5-4-6-20-9)8(7-10(16)17)13(19)15(14)2/h4-6,14H,3,7H2,1-2H3,(H,16,17)/t14-/m1/s1. The molecule has 1 aromatic rings. The predicted octanol–water partition coefficient (Wildman–Crippen LogP) is 1.78. The first-order valence-electron chi connectivity index (χ1n) is 6.39. The van der Waals surface area contributed by atoms with E-state index in [-0.39, 0.29) is 16.9 Å². The zero-order valence-corrected chi connectivity index (χ0v) is 12.5. The van der Waals surface area contributed by atoms with Crippen LogP contribution in [-0.4, -0.2) is 45.8 Å². The largest absolute Gasteiger partial charge is 0.481 e. The number of ketones is 1. The van der Waals surface area contributed by atoms with E-state index in [9.17, 15) is 14.4 Å². The van der Waals surface area contributed by atoms with Gasteiger partial charge in [0.2, 0.25) is 5.78 Å². The molecule has 0 unspecified atom stereocenters. The molecule has 2 rings (SSSR count). The van der Waals surface area contributed by atoms with Gasteiger partial charge in [0.15, 0.2) is 5.76 Å². The highest BCUT2D eigenvalue weighted by Crippen LogP contribution is 2.35. The quantitative estimate of drug-likeness (QED) is 0.806. The summed E-state index contributed by atoms with van der Waals surface area (Å²) in [6.07, 6.45) is 0.902. The summed E-state index contributed by atoms with van der Waals surface area (Å²) in [5.41, 5.74) is 0.254. The Morgan fingerprint density at radius 2 is 2.19 bits per heavy atom. The summed E-state index contributed by atoms with van der Waals surface area (Å²) in [6, 6.07) is 3.08. The number of likely N-dealkylation sites (N-methyl/N-ethyl adjacent to an activating group) is 1. The van der Waals surface area contributed by atoms with Crippen molar-refractivity contribution in [1.82, 2.24) is 4.90 Å². The Labute approximate surface area is 125 Å². The molecule has 1 N–H and O–H groups in total. The lowest BCUT2D eigenvalue weighted by molar-refractivity contribution is -0.137. The maximum atomic E-state index is 12.5. The van der Waals surface area contributed by atoms with Gasteiger partial charge in [0, 0.05) is 18.2 Å². The first-order valence-corrected chi connectivity index (χ1v) is 7.44. The molecule has 1 aliphatic rings. The van der Waals surface area contributed by atoms with Gasteiger partial charge in [-0.05, 0) is 17.9 Å². The predicted molar refractivity (Wildman–Crippen MR) is 77.0 cm³/mol. The second-order valence-corrected chi connectivity index (χ2v) is 5.85. The second kappa shape index (κ2) is 6.17. The van der Waals surface area contributed by atoms with Crippen LogP contribution in [0.4, 0.5) is 0 Å². The Morgan fingerprint density at radius 3 is 2.71 bits per heavy atom. The van der Waals surface area contributed by atoms with E-state index in [2.05, 4.69) is 0 Å². The fourth-order valence-electron chi connectivity index (χ4n) is 2.24. The summed E-state index contributed by atoms with van der Waals surface area (Å²) in [5.74, 6) is -1.19. The van der Waals surface area contributed by atoms with Gasteiger partial charge >= 0.3 is 5.97 Å². The van der Waals surface area contributed by atoms with E-state index in [1.807, 2.05) is 6.92 Å². The van der Waals surface area contributed by atoms with E-state index in [4.69, 9.17) is 9.52 Å². The molecule has 21 heavy (non-hydrogen) atoms. The van der Waals surface area contributed by atoms with Gasteiger partial charge in [0.25, 0.3) is 5.91 Å². The maximum Gasteiger partial charge on any atom is 0.308 e. The third kappa shape index (κ3) is 2.87. The molecule has 0 aromatic carbocycles. The van der Waals surface area contributed by atoms with Gasteiger partial charge in [0.1, 0.15) is 5.37 Å². The van der Waals surface area contributed by atoms with Crippen molar-refractivity contribution < 1.29 is 23.9 Å². The third-order valence-corrected chi connectivity index (χ3v) is 4.35. The minimum Gasteiger partial charge on any atom is -0.481 e. The lowest BCUT2D eigenvalue weighted by atomic mass is 10.0. The van der Waals surface area contributed by atoms with Crippen molar-refractivity contribution in [2.45, 2.75) is 18.7 Å². The normalized spacial score (nSPS) is 18.5. The summed E-state index contributed by atoms with van der Waals surface area (Å²) in [4.78, 5) is 37.1. The molecule has 0 saturated carbocycles. The minimum atomic E-state index is -1.14. The fourth-order valence-corrected chi connectivity index (χ4v) is 3.29. The zero-order valence-electron chi connectivity index (χ0n) is 11.7. The van der Waals surface area contributed by atoms with Crippen molar-refractivity contribution in [2.75, 3.05) is 12.8 Å². The zero-order chi connectivity index (χ0) is 15.6. The van der Waals surface area contributed by atoms with Gasteiger partial charge in [-0.1, -0.05) is 6.92 Å². The molecule has 0 aliphatic carbocycles. The molecular weight excluding hydrogens is 294 g/mol. The number of hydrogen-bond donors (Lipinski definition) is 1. The van der Waals surface area contributed by atoms with Crippen LogP contribution in [0.5, 0.6) is 0 Å². The monoisotopic (exact) mass is 309 g/mol. The number of nitrogens with zero attached hydrogens (tertiary/aromatic N) is 1. The van der Waals surface area contributed by atoms with Gasteiger partial charge in [-0.25, -0.2) is 0 Å². The van der Waals surface area contributed by atoms with Crippen LogP contribution in [0, 0.1) is 0 Å². The summed E-state index contributed by atoms with van der Waals surface area (Å²) < 4.78 is 5.09. The third-order valence-electron chi connectivity index (χ3n) is 3.14. The summed E-state index contributed by atoms with van der Waals surface area (Å²) in [5, 5.41) is 8.50. The van der Waals surface area contributed by atoms with Crippen LogP contribution in [0.2, 0.25) is 0 Å². The average Bonchev–Trinajstić information content (AvgIpc) is 3.03. The Bertz CT molecular complexity index is 605. The molecule has 6 nitrogen and oxygen atoms in total. The summed E-state index contributed by atoms with van der Waals surface area (Å²) in [7, 11) is 1.57. The molecule has 0 fully saturated rings. The smallest absolute Gasteiger partial charge is 0.308 e. The molecule has 0 spiro atoms. The Balaban J connectivity index is 2.49. The first-order chi connectivity index (χ1) is 9.97. The number of rotatable bonds is 6. The highest BCUT2D eigenvalue weighted by atomic mass is 32.2. The molecule has 1 amide bonds. The lowest BCUT2D eigenvalue weighted by Crippen LogP contribution is -2.31. The molecule has 0 saturated heterocycles. The van der Waals surface area contributed by atoms with Gasteiger partial charge in [0.05, 0.1) is 12.7 Å². The van der Waals surface area contributed by atoms with Crippen LogP contribution in [0.3, 0.4) is 0 Å². The molecule has 1 aliphatic heterocycles. The molecule has 112 valence electrons. The van der Waals surface area contributed by atoms with E-state index in [1.54, 1.807) is 13.1 Å². The van der Waals surface area contributed by atoms with Crippen molar-refractivity contribution in [3.63, 3.8) is 0 Å². The van der Waals surface area contributed by atoms with Gasteiger partial charge in [-0.15, -0.1) is 11.8 Å². The van der Waals surface area contributed by atoms with Crippen LogP contribution in [0.1, 0.15) is 23.9 Å². The number of carboxylic acids is 1. The number of carbonyl (C=O) groups is 3. The molecule has 1 atom stereocenters. The van der Waals surface area contributed by atoms with Crippen molar-refractivity contribution in [3.05, 3.63) is 35.3 Å². The molecule has 7 heteroatoms. The minimum absolute atomic E-state index is 0.0392. The van der Waals surface area contributed by atoms with Gasteiger partial charge < -0.3 is 14.4 Å². The molecule has 0 bridgehead atoms. The number of Topliss-reactive ketones (excluding diaryl/α,β-unsaturated/α-hetero) is 1. The first kappa shape index (κ1) is 15.4. The van der Waals surface area contributed by atoms with E-state index in [0.29, 0.717) is 5.75 Å². The van der Waals surface area contributed by atoms with Crippen molar-refractivity contribution in [1.29, 1.82) is 0 Å². The van der Waals surface area contributed by atoms with Crippen molar-refractivity contribution >= 4 is 29.4 Å². The van der Waals surface area contributed by atoms with E-state index in [1.165, 1.54) is 29.0 Å². The van der Waals surface area contributed by atoms with Gasteiger partial charge in [-0.2, -0.15) is 0 Å². The molecule has 2 heterocycles. The van der Waals surface area contributed by atoms with E-state index >= 15 is 0 Å². The molecular formula is C14H15NO5S. The van der Waals surface area contributed by atoms with Crippen molar-refractivity contribution in [3.8, 4) is 0 Å². The summed E-state index contributed by atoms with van der Waals surface area (Å²) in [6.45, 7) is 1.91. The topological polar surface area (TPSA) is 87.8 Å². The van der Waals surface area contributed by atoms with Crippen LogP contribution in [0.15, 0.2) is 34.0 Å². The van der Waals surface area contributed by atoms with Crippen LogP contribution < -0.4 is 0 Å². The lowest BCUT2D eigenvalue weighted by Gasteiger charge is -2.21. The van der Waals surface area contributed by atoms with Crippen LogP contribution >= 0.6 is 11.8 Å². The van der Waals surface area contributed by atoms with Crippen molar-refractivity contribution in [2.24, 2.45) is 0 Å². The highest BCUT2D eigenvalue weighted by molar-refractivity contribution is 8.00. The SMILES string of the molecule is CCS[C@@H]1C(C(=O)c2ccco2)=C(CC(=O)O)C(=O)N1C. The maximum absolute atomic E-state index is 12.5. The number of carboxylic acid groups (broad SMARTS) is 1. The van der Waals surface area contributed by atoms with E-state index in [0.717, 1.165) is 0 Å². The Morgan fingerprint density at radius 1 is 1.48 bits per heavy atom. The number of furan rings is 1. The summed E-state index contributed by atoms with van der Waals surface area (Å²) >= 11 is 1.41. The number of hydrogen-bond acceptors (Lipinski definition) is 5. The Kier molecular flexibility index (Phi) is 4.52. The molecule has 0 radical (unpaired) electrons. The second-order valence-electron chi connectivity index (χ2n) is 4.49. The van der Waals surface area contributed by atoms with E-state index < -0.39 is 29.5 Å². The average molecular weight is 309 g/mol. The number of thioether (sulfide) groups is 1. The number of carbonyl (C=O) groups excluding carboxylic acids is 2. The van der Waals surface area contributed by atoms with Crippen LogP contribution in [-0.2, 0) is 9.59 Å². The van der Waals surface area contributed by atoms with Crippen LogP contribution in [0.25, 0.3) is 0 Å². The number of amides is 1. The number of aliphatic carboxylic acids is 1. The fraction of sp³-hybridized carbons (Fsp3) is 0.357.